The number of carbonyl (C=O) groups excluding carboxylic acids is 1. The van der Waals surface area contributed by atoms with E-state index in [0.29, 0.717) is 11.3 Å². The van der Waals surface area contributed by atoms with Gasteiger partial charge in [0.25, 0.3) is 11.5 Å². The molecule has 1 aromatic carbocycles. The van der Waals surface area contributed by atoms with Crippen molar-refractivity contribution < 1.29 is 27.1 Å². The van der Waals surface area contributed by atoms with Crippen LogP contribution >= 0.6 is 0 Å². The molecule has 1 amide bonds. The number of rotatable bonds is 5. The molecule has 0 radical (unpaired) electrons. The number of hydrogen-bond acceptors (Lipinski definition) is 4. The van der Waals surface area contributed by atoms with E-state index < -0.39 is 35.8 Å². The number of aromatic nitrogens is 3. The van der Waals surface area contributed by atoms with Crippen LogP contribution in [0, 0.1) is 5.82 Å². The number of pyridine rings is 2. The molecule has 0 saturated heterocycles. The van der Waals surface area contributed by atoms with Crippen molar-refractivity contribution >= 4 is 17.2 Å². The van der Waals surface area contributed by atoms with E-state index in [-0.39, 0.29) is 11.3 Å². The maximum atomic E-state index is 13.6. The molecule has 4 aromatic rings. The third-order valence-corrected chi connectivity index (χ3v) is 4.41. The second-order valence-electron chi connectivity index (χ2n) is 6.68. The average molecular weight is 446 g/mol. The number of carbonyl (C=O) groups is 1. The number of ether oxygens (including phenoxy) is 1. The Morgan fingerprint density at radius 2 is 1.94 bits per heavy atom. The zero-order valence-corrected chi connectivity index (χ0v) is 16.1. The maximum Gasteiger partial charge on any atom is 0.422 e. The summed E-state index contributed by atoms with van der Waals surface area (Å²) in [5.74, 6) is -2.07. The van der Waals surface area contributed by atoms with Crippen molar-refractivity contribution in [3.05, 3.63) is 89.0 Å². The Kier molecular flexibility index (Phi) is 5.39. The molecule has 0 spiro atoms. The molecule has 3 aromatic heterocycles. The van der Waals surface area contributed by atoms with E-state index in [0.717, 1.165) is 22.8 Å². The predicted octanol–water partition coefficient (Wildman–Crippen LogP) is 3.82. The third-order valence-electron chi connectivity index (χ3n) is 4.41. The van der Waals surface area contributed by atoms with Crippen LogP contribution in [0.25, 0.3) is 11.3 Å². The van der Waals surface area contributed by atoms with Gasteiger partial charge in [-0.2, -0.15) is 13.2 Å². The molecule has 164 valence electrons. The lowest BCUT2D eigenvalue weighted by atomic mass is 10.2. The van der Waals surface area contributed by atoms with Gasteiger partial charge < -0.3 is 14.5 Å². The summed E-state index contributed by atoms with van der Waals surface area (Å²) in [7, 11) is 0. The number of nitrogens with zero attached hydrogens (tertiary/aromatic N) is 3. The molecule has 0 bridgehead atoms. The van der Waals surface area contributed by atoms with Crippen molar-refractivity contribution in [3.8, 4) is 11.4 Å². The summed E-state index contributed by atoms with van der Waals surface area (Å²) in [5.41, 5.74) is -0.185. The van der Waals surface area contributed by atoms with Gasteiger partial charge in [0.2, 0.25) is 0 Å². The lowest BCUT2D eigenvalue weighted by Crippen LogP contribution is -2.28. The fraction of sp³-hybridized carbons (Fsp3) is 0.0952. The van der Waals surface area contributed by atoms with Gasteiger partial charge in [-0.05, 0) is 36.4 Å². The minimum atomic E-state index is -4.66. The van der Waals surface area contributed by atoms with Gasteiger partial charge in [-0.15, -0.1) is 0 Å². The first-order chi connectivity index (χ1) is 15.2. The number of anilines is 1. The number of fused-ring (bicyclic) bond motifs is 1. The number of nitrogens with one attached hydrogen (secondary N) is 1. The molecule has 0 aliphatic heterocycles. The van der Waals surface area contributed by atoms with E-state index in [2.05, 4.69) is 15.0 Å². The van der Waals surface area contributed by atoms with Crippen molar-refractivity contribution in [1.82, 2.24) is 14.0 Å². The lowest BCUT2D eigenvalue weighted by molar-refractivity contribution is -0.153. The SMILES string of the molecule is O=C(Nc1ccc2nccn2c1)c1cccn(-c2ccc(F)cc2OCC(F)(F)F)c1=O. The zero-order chi connectivity index (χ0) is 22.9. The summed E-state index contributed by atoms with van der Waals surface area (Å²) < 4.78 is 58.6. The van der Waals surface area contributed by atoms with Crippen LogP contribution in [0.3, 0.4) is 0 Å². The molecule has 0 aliphatic rings. The van der Waals surface area contributed by atoms with Crippen LogP contribution in [-0.4, -0.2) is 32.6 Å². The lowest BCUT2D eigenvalue weighted by Gasteiger charge is -2.15. The monoisotopic (exact) mass is 446 g/mol. The second kappa shape index (κ2) is 8.17. The first kappa shape index (κ1) is 21.1. The molecular weight excluding hydrogens is 432 g/mol. The Labute approximate surface area is 177 Å². The smallest absolute Gasteiger partial charge is 0.422 e. The van der Waals surface area contributed by atoms with Gasteiger partial charge in [-0.3, -0.25) is 14.2 Å². The number of halogens is 4. The molecule has 4 rings (SSSR count). The first-order valence-electron chi connectivity index (χ1n) is 9.16. The first-order valence-corrected chi connectivity index (χ1v) is 9.16. The Morgan fingerprint density at radius 3 is 2.72 bits per heavy atom. The largest absolute Gasteiger partial charge is 0.482 e. The highest BCUT2D eigenvalue weighted by Gasteiger charge is 2.29. The average Bonchev–Trinajstić information content (AvgIpc) is 3.20. The molecule has 0 unspecified atom stereocenters. The highest BCUT2D eigenvalue weighted by atomic mass is 19.4. The van der Waals surface area contributed by atoms with Gasteiger partial charge >= 0.3 is 6.18 Å². The summed E-state index contributed by atoms with van der Waals surface area (Å²) in [6.07, 6.45) is 1.44. The van der Waals surface area contributed by atoms with Crippen molar-refractivity contribution in [3.63, 3.8) is 0 Å². The normalized spacial score (nSPS) is 11.5. The molecular formula is C21H14F4N4O3. The second-order valence-corrected chi connectivity index (χ2v) is 6.68. The molecule has 0 aliphatic carbocycles. The van der Waals surface area contributed by atoms with Gasteiger partial charge in [-0.25, -0.2) is 9.37 Å². The van der Waals surface area contributed by atoms with Crippen molar-refractivity contribution in [2.45, 2.75) is 6.18 Å². The molecule has 0 fully saturated rings. The number of imidazole rings is 1. The van der Waals surface area contributed by atoms with E-state index in [9.17, 15) is 27.2 Å². The Hall–Kier alpha value is -4.15. The fourth-order valence-electron chi connectivity index (χ4n) is 3.01. The molecule has 0 saturated carbocycles. The molecule has 1 N–H and O–H groups in total. The molecule has 0 atom stereocenters. The van der Waals surface area contributed by atoms with E-state index in [4.69, 9.17) is 0 Å². The van der Waals surface area contributed by atoms with Crippen molar-refractivity contribution in [2.24, 2.45) is 0 Å². The van der Waals surface area contributed by atoms with Gasteiger partial charge in [0.15, 0.2) is 6.61 Å². The Balaban J connectivity index is 1.66. The molecule has 3 heterocycles. The van der Waals surface area contributed by atoms with Gasteiger partial charge in [0, 0.05) is 30.9 Å². The van der Waals surface area contributed by atoms with Crippen LogP contribution in [0.1, 0.15) is 10.4 Å². The molecule has 32 heavy (non-hydrogen) atoms. The van der Waals surface area contributed by atoms with Crippen LogP contribution in [0.15, 0.2) is 72.0 Å². The van der Waals surface area contributed by atoms with E-state index in [1.165, 1.54) is 18.3 Å². The van der Waals surface area contributed by atoms with Crippen molar-refractivity contribution in [1.29, 1.82) is 0 Å². The molecule has 11 heteroatoms. The summed E-state index contributed by atoms with van der Waals surface area (Å²) in [5, 5.41) is 2.59. The topological polar surface area (TPSA) is 77.6 Å². The quantitative estimate of drug-likeness (QED) is 0.473. The summed E-state index contributed by atoms with van der Waals surface area (Å²) >= 11 is 0. The number of benzene rings is 1. The summed E-state index contributed by atoms with van der Waals surface area (Å²) in [6, 6.07) is 8.70. The van der Waals surface area contributed by atoms with E-state index >= 15 is 0 Å². The van der Waals surface area contributed by atoms with Crippen molar-refractivity contribution in [2.75, 3.05) is 11.9 Å². The number of amides is 1. The van der Waals surface area contributed by atoms with Crippen LogP contribution in [0.5, 0.6) is 5.75 Å². The fourth-order valence-corrected chi connectivity index (χ4v) is 3.01. The van der Waals surface area contributed by atoms with Gasteiger partial charge in [0.1, 0.15) is 22.8 Å². The highest BCUT2D eigenvalue weighted by molar-refractivity contribution is 6.04. The van der Waals surface area contributed by atoms with Gasteiger partial charge in [0.05, 0.1) is 11.4 Å². The minimum Gasteiger partial charge on any atom is -0.482 e. The standard InChI is InChI=1S/C21H14F4N4O3/c22-13-3-5-16(17(10-13)32-12-21(23,24)25)29-8-1-2-15(20(29)31)19(30)27-14-4-6-18-26-7-9-28(18)11-14/h1-11H,12H2,(H,27,30). The third kappa shape index (κ3) is 4.46. The predicted molar refractivity (Wildman–Crippen MR) is 107 cm³/mol. The van der Waals surface area contributed by atoms with E-state index in [1.807, 2.05) is 0 Å². The van der Waals surface area contributed by atoms with Crippen LogP contribution < -0.4 is 15.6 Å². The Bertz CT molecular complexity index is 1360. The zero-order valence-electron chi connectivity index (χ0n) is 16.1. The van der Waals surface area contributed by atoms with Crippen LogP contribution in [0.2, 0.25) is 0 Å². The summed E-state index contributed by atoms with van der Waals surface area (Å²) in [6.45, 7) is -1.67. The van der Waals surface area contributed by atoms with Crippen LogP contribution in [-0.2, 0) is 0 Å². The minimum absolute atomic E-state index is 0.143. The van der Waals surface area contributed by atoms with Crippen LogP contribution in [0.4, 0.5) is 23.2 Å². The summed E-state index contributed by atoms with van der Waals surface area (Å²) in [4.78, 5) is 29.7. The molecule has 7 nitrogen and oxygen atoms in total. The maximum absolute atomic E-state index is 13.6. The Morgan fingerprint density at radius 1 is 1.12 bits per heavy atom. The highest BCUT2D eigenvalue weighted by Crippen LogP contribution is 2.26. The number of alkyl halides is 3. The van der Waals surface area contributed by atoms with E-state index in [1.54, 1.807) is 35.1 Å². The number of hydrogen-bond donors (Lipinski definition) is 1. The van der Waals surface area contributed by atoms with Gasteiger partial charge in [-0.1, -0.05) is 0 Å².